The van der Waals surface area contributed by atoms with Crippen molar-refractivity contribution in [1.29, 1.82) is 0 Å². The standard InChI is InChI=1S/C19H25NS/c1-4-6-15-7-9-16(10-8-15)19(20-5-2)17-11-13-18(21-3)14-12-17/h7-14,19-20H,4-6H2,1-3H3. The number of thioether (sulfide) groups is 1. The van der Waals surface area contributed by atoms with Crippen LogP contribution in [0.25, 0.3) is 0 Å². The fourth-order valence-corrected chi connectivity index (χ4v) is 3.00. The molecule has 2 aromatic carbocycles. The summed E-state index contributed by atoms with van der Waals surface area (Å²) in [6.45, 7) is 5.35. The van der Waals surface area contributed by atoms with Crippen LogP contribution in [0.15, 0.2) is 53.4 Å². The van der Waals surface area contributed by atoms with Gasteiger partial charge in [-0.3, -0.25) is 0 Å². The van der Waals surface area contributed by atoms with Crippen LogP contribution in [0.1, 0.15) is 43.0 Å². The Morgan fingerprint density at radius 3 is 1.95 bits per heavy atom. The Morgan fingerprint density at radius 1 is 0.905 bits per heavy atom. The van der Waals surface area contributed by atoms with Gasteiger partial charge in [0.15, 0.2) is 0 Å². The number of rotatable bonds is 7. The van der Waals surface area contributed by atoms with E-state index < -0.39 is 0 Å². The van der Waals surface area contributed by atoms with Gasteiger partial charge in [0.2, 0.25) is 0 Å². The molecule has 0 aliphatic rings. The molecule has 1 atom stereocenters. The molecule has 0 amide bonds. The third-order valence-electron chi connectivity index (χ3n) is 3.71. The maximum Gasteiger partial charge on any atom is 0.0576 e. The minimum atomic E-state index is 0.279. The van der Waals surface area contributed by atoms with Crippen LogP contribution in [0.4, 0.5) is 0 Å². The molecule has 0 saturated heterocycles. The number of benzene rings is 2. The summed E-state index contributed by atoms with van der Waals surface area (Å²) < 4.78 is 0. The van der Waals surface area contributed by atoms with Crippen LogP contribution < -0.4 is 5.32 Å². The first-order chi connectivity index (χ1) is 10.3. The Labute approximate surface area is 133 Å². The summed E-state index contributed by atoms with van der Waals surface area (Å²) in [5, 5.41) is 3.60. The lowest BCUT2D eigenvalue weighted by atomic mass is 9.97. The van der Waals surface area contributed by atoms with E-state index in [1.807, 2.05) is 0 Å². The summed E-state index contributed by atoms with van der Waals surface area (Å²) in [6, 6.07) is 18.2. The average Bonchev–Trinajstić information content (AvgIpc) is 2.54. The molecule has 2 heteroatoms. The van der Waals surface area contributed by atoms with E-state index in [2.05, 4.69) is 74.0 Å². The number of hydrogen-bond acceptors (Lipinski definition) is 2. The largest absolute Gasteiger partial charge is 0.307 e. The highest BCUT2D eigenvalue weighted by Crippen LogP contribution is 2.25. The van der Waals surface area contributed by atoms with Crippen molar-refractivity contribution in [2.75, 3.05) is 12.8 Å². The van der Waals surface area contributed by atoms with Crippen LogP contribution in [0, 0.1) is 0 Å². The topological polar surface area (TPSA) is 12.0 Å². The van der Waals surface area contributed by atoms with Crippen molar-refractivity contribution in [2.24, 2.45) is 0 Å². The Kier molecular flexibility index (Phi) is 6.34. The predicted octanol–water partition coefficient (Wildman–Crippen LogP) is 5.06. The molecule has 2 aromatic rings. The molecule has 1 N–H and O–H groups in total. The Balaban J connectivity index is 2.24. The third kappa shape index (κ3) is 4.36. The van der Waals surface area contributed by atoms with Gasteiger partial charge < -0.3 is 5.32 Å². The zero-order valence-electron chi connectivity index (χ0n) is 13.2. The van der Waals surface area contributed by atoms with Crippen LogP contribution in [0.5, 0.6) is 0 Å². The first-order valence-corrected chi connectivity index (χ1v) is 8.97. The molecule has 21 heavy (non-hydrogen) atoms. The minimum absolute atomic E-state index is 0.279. The molecule has 2 rings (SSSR count). The van der Waals surface area contributed by atoms with Crippen molar-refractivity contribution >= 4 is 11.8 Å². The number of nitrogens with one attached hydrogen (secondary N) is 1. The van der Waals surface area contributed by atoms with Crippen molar-refractivity contribution in [3.05, 3.63) is 65.2 Å². The van der Waals surface area contributed by atoms with Crippen molar-refractivity contribution in [2.45, 2.75) is 37.6 Å². The van der Waals surface area contributed by atoms with Gasteiger partial charge in [0, 0.05) is 4.90 Å². The van der Waals surface area contributed by atoms with Gasteiger partial charge in [-0.2, -0.15) is 0 Å². The summed E-state index contributed by atoms with van der Waals surface area (Å²) in [6.07, 6.45) is 4.48. The Hall–Kier alpha value is -1.25. The molecule has 1 unspecified atom stereocenters. The second-order valence-corrected chi connectivity index (χ2v) is 6.14. The average molecular weight is 299 g/mol. The van der Waals surface area contributed by atoms with E-state index in [1.54, 1.807) is 11.8 Å². The van der Waals surface area contributed by atoms with Gasteiger partial charge in [0.25, 0.3) is 0 Å². The lowest BCUT2D eigenvalue weighted by Crippen LogP contribution is -2.21. The van der Waals surface area contributed by atoms with Gasteiger partial charge in [0.05, 0.1) is 6.04 Å². The predicted molar refractivity (Wildman–Crippen MR) is 94.2 cm³/mol. The molecular formula is C19H25NS. The van der Waals surface area contributed by atoms with Crippen LogP contribution >= 0.6 is 11.8 Å². The van der Waals surface area contributed by atoms with E-state index in [4.69, 9.17) is 0 Å². The highest BCUT2D eigenvalue weighted by molar-refractivity contribution is 7.98. The third-order valence-corrected chi connectivity index (χ3v) is 4.45. The SMILES string of the molecule is CCCc1ccc(C(NCC)c2ccc(SC)cc2)cc1. The summed E-state index contributed by atoms with van der Waals surface area (Å²) >= 11 is 1.79. The van der Waals surface area contributed by atoms with E-state index >= 15 is 0 Å². The summed E-state index contributed by atoms with van der Waals surface area (Å²) in [5.74, 6) is 0. The van der Waals surface area contributed by atoms with E-state index in [1.165, 1.54) is 28.0 Å². The first kappa shape index (κ1) is 16.1. The fourth-order valence-electron chi connectivity index (χ4n) is 2.59. The molecule has 0 bridgehead atoms. The van der Waals surface area contributed by atoms with E-state index in [-0.39, 0.29) is 6.04 Å². The molecule has 1 nitrogen and oxygen atoms in total. The van der Waals surface area contributed by atoms with Crippen LogP contribution in [0.3, 0.4) is 0 Å². The van der Waals surface area contributed by atoms with Gasteiger partial charge in [-0.25, -0.2) is 0 Å². The zero-order chi connectivity index (χ0) is 15.1. The zero-order valence-corrected chi connectivity index (χ0v) is 14.0. The van der Waals surface area contributed by atoms with Gasteiger partial charge in [-0.1, -0.05) is 56.7 Å². The molecule has 0 spiro atoms. The molecule has 0 aromatic heterocycles. The van der Waals surface area contributed by atoms with E-state index in [9.17, 15) is 0 Å². The van der Waals surface area contributed by atoms with Crippen LogP contribution in [-0.2, 0) is 6.42 Å². The van der Waals surface area contributed by atoms with Crippen molar-refractivity contribution in [3.8, 4) is 0 Å². The first-order valence-electron chi connectivity index (χ1n) is 7.74. The van der Waals surface area contributed by atoms with Crippen molar-refractivity contribution in [3.63, 3.8) is 0 Å². The highest BCUT2D eigenvalue weighted by atomic mass is 32.2. The molecule has 0 aliphatic carbocycles. The van der Waals surface area contributed by atoms with Gasteiger partial charge in [-0.15, -0.1) is 11.8 Å². The van der Waals surface area contributed by atoms with Gasteiger partial charge in [-0.05, 0) is 48.0 Å². The lowest BCUT2D eigenvalue weighted by molar-refractivity contribution is 0.630. The maximum atomic E-state index is 3.60. The molecule has 112 valence electrons. The molecule has 0 fully saturated rings. The smallest absolute Gasteiger partial charge is 0.0576 e. The summed E-state index contributed by atoms with van der Waals surface area (Å²) in [5.41, 5.74) is 4.10. The van der Waals surface area contributed by atoms with Crippen molar-refractivity contribution in [1.82, 2.24) is 5.32 Å². The molecular weight excluding hydrogens is 274 g/mol. The summed E-state index contributed by atoms with van der Waals surface area (Å²) in [7, 11) is 0. The number of hydrogen-bond donors (Lipinski definition) is 1. The lowest BCUT2D eigenvalue weighted by Gasteiger charge is -2.19. The van der Waals surface area contributed by atoms with E-state index in [0.717, 1.165) is 13.0 Å². The fraction of sp³-hybridized carbons (Fsp3) is 0.368. The van der Waals surface area contributed by atoms with Crippen LogP contribution in [-0.4, -0.2) is 12.8 Å². The second kappa shape index (κ2) is 8.26. The molecule has 0 radical (unpaired) electrons. The second-order valence-electron chi connectivity index (χ2n) is 5.26. The summed E-state index contributed by atoms with van der Waals surface area (Å²) in [4.78, 5) is 1.31. The van der Waals surface area contributed by atoms with Gasteiger partial charge >= 0.3 is 0 Å². The van der Waals surface area contributed by atoms with Crippen LogP contribution in [0.2, 0.25) is 0 Å². The number of aryl methyl sites for hydroxylation is 1. The molecule has 0 aliphatic heterocycles. The Bertz CT molecular complexity index is 530. The van der Waals surface area contributed by atoms with E-state index in [0.29, 0.717) is 0 Å². The minimum Gasteiger partial charge on any atom is -0.307 e. The molecule has 0 saturated carbocycles. The normalized spacial score (nSPS) is 12.3. The van der Waals surface area contributed by atoms with Crippen molar-refractivity contribution < 1.29 is 0 Å². The monoisotopic (exact) mass is 299 g/mol. The Morgan fingerprint density at radius 2 is 1.48 bits per heavy atom. The molecule has 0 heterocycles. The quantitative estimate of drug-likeness (QED) is 0.717. The van der Waals surface area contributed by atoms with Gasteiger partial charge in [0.1, 0.15) is 0 Å². The highest BCUT2D eigenvalue weighted by Gasteiger charge is 2.12. The maximum absolute atomic E-state index is 3.60.